The number of nitrogens with one attached hydrogen (secondary N) is 1. The third-order valence-electron chi connectivity index (χ3n) is 4.69. The van der Waals surface area contributed by atoms with Gasteiger partial charge in [0, 0.05) is 5.69 Å². The standard InChI is InChI=1S/C15H22N2O4S/c1-21-13-4-2-12(3-5-13)16-6-8-17(9-7-16)14-10-22(19,20)11-15(14)18/h2-5,14-15,18H,6-11H2,1H3/p+1/t14-,15+/m0/s1. The van der Waals surface area contributed by atoms with Crippen molar-refractivity contribution in [1.29, 1.82) is 0 Å². The number of piperazine rings is 1. The lowest BCUT2D eigenvalue weighted by molar-refractivity contribution is -0.925. The normalized spacial score (nSPS) is 28.7. The number of anilines is 1. The first-order chi connectivity index (χ1) is 10.5. The first kappa shape index (κ1) is 15.6. The Kier molecular flexibility index (Phi) is 4.29. The molecule has 2 N–H and O–H groups in total. The fraction of sp³-hybridized carbons (Fsp3) is 0.600. The maximum atomic E-state index is 11.6. The molecule has 0 aliphatic carbocycles. The van der Waals surface area contributed by atoms with Crippen molar-refractivity contribution in [2.45, 2.75) is 12.1 Å². The van der Waals surface area contributed by atoms with Gasteiger partial charge in [0.2, 0.25) is 0 Å². The Labute approximate surface area is 131 Å². The Morgan fingerprint density at radius 2 is 1.82 bits per heavy atom. The molecule has 0 amide bonds. The lowest BCUT2D eigenvalue weighted by atomic mass is 10.1. The summed E-state index contributed by atoms with van der Waals surface area (Å²) in [6.45, 7) is 3.43. The van der Waals surface area contributed by atoms with Crippen molar-refractivity contribution in [1.82, 2.24) is 0 Å². The van der Waals surface area contributed by atoms with Crippen LogP contribution in [0.2, 0.25) is 0 Å². The quantitative estimate of drug-likeness (QED) is 0.711. The van der Waals surface area contributed by atoms with Crippen LogP contribution >= 0.6 is 0 Å². The Balaban J connectivity index is 1.60. The van der Waals surface area contributed by atoms with E-state index in [1.54, 1.807) is 7.11 Å². The van der Waals surface area contributed by atoms with Gasteiger partial charge in [0.25, 0.3) is 0 Å². The Morgan fingerprint density at radius 1 is 1.18 bits per heavy atom. The van der Waals surface area contributed by atoms with Gasteiger partial charge in [0.1, 0.15) is 23.6 Å². The number of methoxy groups -OCH3 is 1. The molecule has 1 aromatic rings. The van der Waals surface area contributed by atoms with Crippen LogP contribution in [-0.2, 0) is 9.84 Å². The van der Waals surface area contributed by atoms with Crippen LogP contribution in [-0.4, -0.2) is 70.5 Å². The predicted octanol–water partition coefficient (Wildman–Crippen LogP) is -1.44. The molecule has 0 radical (unpaired) electrons. The largest absolute Gasteiger partial charge is 0.497 e. The number of hydrogen-bond donors (Lipinski definition) is 2. The van der Waals surface area contributed by atoms with E-state index < -0.39 is 15.9 Å². The average Bonchev–Trinajstić information content (AvgIpc) is 2.80. The van der Waals surface area contributed by atoms with E-state index in [1.165, 1.54) is 4.90 Å². The van der Waals surface area contributed by atoms with Crippen molar-refractivity contribution >= 4 is 15.5 Å². The van der Waals surface area contributed by atoms with Crippen LogP contribution in [0.4, 0.5) is 5.69 Å². The Bertz CT molecular complexity index is 609. The zero-order valence-electron chi connectivity index (χ0n) is 12.7. The third kappa shape index (κ3) is 3.21. The molecule has 7 heteroatoms. The highest BCUT2D eigenvalue weighted by Crippen LogP contribution is 2.19. The van der Waals surface area contributed by atoms with E-state index in [9.17, 15) is 13.5 Å². The van der Waals surface area contributed by atoms with E-state index in [-0.39, 0.29) is 17.5 Å². The number of aliphatic hydroxyl groups is 1. The monoisotopic (exact) mass is 327 g/mol. The van der Waals surface area contributed by atoms with Crippen molar-refractivity contribution in [3.05, 3.63) is 24.3 Å². The number of ether oxygens (including phenoxy) is 1. The number of benzene rings is 1. The van der Waals surface area contributed by atoms with Crippen molar-refractivity contribution in [3.8, 4) is 5.75 Å². The van der Waals surface area contributed by atoms with Crippen LogP contribution in [0.5, 0.6) is 5.75 Å². The number of rotatable bonds is 3. The number of nitrogens with zero attached hydrogens (tertiary/aromatic N) is 1. The van der Waals surface area contributed by atoms with Crippen LogP contribution < -0.4 is 14.5 Å². The molecular weight excluding hydrogens is 304 g/mol. The summed E-state index contributed by atoms with van der Waals surface area (Å²) in [5.41, 5.74) is 1.15. The molecule has 122 valence electrons. The summed E-state index contributed by atoms with van der Waals surface area (Å²) in [6, 6.07) is 7.81. The SMILES string of the molecule is COc1ccc(N2CC[NH+]([C@H]3CS(=O)(=O)C[C@H]3O)CC2)cc1. The average molecular weight is 327 g/mol. The Morgan fingerprint density at radius 3 is 2.32 bits per heavy atom. The van der Waals surface area contributed by atoms with Gasteiger partial charge in [-0.15, -0.1) is 0 Å². The molecule has 2 heterocycles. The van der Waals surface area contributed by atoms with Gasteiger partial charge in [-0.1, -0.05) is 0 Å². The van der Waals surface area contributed by atoms with Crippen molar-refractivity contribution in [2.75, 3.05) is 49.7 Å². The fourth-order valence-electron chi connectivity index (χ4n) is 3.43. The highest BCUT2D eigenvalue weighted by Gasteiger charge is 2.43. The van der Waals surface area contributed by atoms with Gasteiger partial charge in [-0.05, 0) is 24.3 Å². The van der Waals surface area contributed by atoms with Crippen molar-refractivity contribution < 1.29 is 23.2 Å². The van der Waals surface area contributed by atoms with Crippen molar-refractivity contribution in [2.24, 2.45) is 0 Å². The van der Waals surface area contributed by atoms with Crippen LogP contribution in [0.15, 0.2) is 24.3 Å². The van der Waals surface area contributed by atoms with E-state index in [2.05, 4.69) is 4.90 Å². The lowest BCUT2D eigenvalue weighted by Crippen LogP contribution is -3.19. The highest BCUT2D eigenvalue weighted by atomic mass is 32.2. The summed E-state index contributed by atoms with van der Waals surface area (Å²) in [5.74, 6) is 0.877. The van der Waals surface area contributed by atoms with Gasteiger partial charge in [-0.25, -0.2) is 8.42 Å². The van der Waals surface area contributed by atoms with Crippen LogP contribution in [0, 0.1) is 0 Å². The molecule has 2 saturated heterocycles. The van der Waals surface area contributed by atoms with Crippen LogP contribution in [0.3, 0.4) is 0 Å². The second-order valence-electron chi connectivity index (χ2n) is 6.09. The van der Waals surface area contributed by atoms with E-state index in [1.807, 2.05) is 24.3 Å². The molecule has 3 rings (SSSR count). The zero-order chi connectivity index (χ0) is 15.7. The first-order valence-corrected chi connectivity index (χ1v) is 9.43. The number of sulfone groups is 1. The van der Waals surface area contributed by atoms with Gasteiger partial charge < -0.3 is 19.6 Å². The summed E-state index contributed by atoms with van der Waals surface area (Å²) in [7, 11) is -1.41. The van der Waals surface area contributed by atoms with E-state index in [4.69, 9.17) is 4.74 Å². The summed E-state index contributed by atoms with van der Waals surface area (Å²) in [5, 5.41) is 9.99. The van der Waals surface area contributed by atoms with Gasteiger partial charge in [0.15, 0.2) is 9.84 Å². The van der Waals surface area contributed by atoms with E-state index >= 15 is 0 Å². The summed E-state index contributed by atoms with van der Waals surface area (Å²) in [4.78, 5) is 3.50. The molecule has 22 heavy (non-hydrogen) atoms. The minimum atomic E-state index is -3.07. The maximum absolute atomic E-state index is 11.6. The zero-order valence-corrected chi connectivity index (χ0v) is 13.6. The van der Waals surface area contributed by atoms with Gasteiger partial charge in [0.05, 0.1) is 39.0 Å². The number of quaternary nitrogens is 1. The molecule has 0 unspecified atom stereocenters. The maximum Gasteiger partial charge on any atom is 0.159 e. The predicted molar refractivity (Wildman–Crippen MR) is 84.4 cm³/mol. The third-order valence-corrected chi connectivity index (χ3v) is 6.41. The number of aliphatic hydroxyl groups excluding tert-OH is 1. The van der Waals surface area contributed by atoms with Crippen molar-refractivity contribution in [3.63, 3.8) is 0 Å². The van der Waals surface area contributed by atoms with Crippen LogP contribution in [0.25, 0.3) is 0 Å². The fourth-order valence-corrected chi connectivity index (χ4v) is 5.33. The van der Waals surface area contributed by atoms with Gasteiger partial charge in [-0.3, -0.25) is 0 Å². The molecule has 0 bridgehead atoms. The second kappa shape index (κ2) is 6.06. The molecule has 2 fully saturated rings. The van der Waals surface area contributed by atoms with Gasteiger partial charge in [-0.2, -0.15) is 0 Å². The molecule has 2 atom stereocenters. The van der Waals surface area contributed by atoms with Crippen LogP contribution in [0.1, 0.15) is 0 Å². The minimum absolute atomic E-state index is 0.0800. The number of hydrogen-bond acceptors (Lipinski definition) is 5. The van der Waals surface area contributed by atoms with E-state index in [0.29, 0.717) is 0 Å². The Hall–Kier alpha value is -1.31. The molecule has 0 spiro atoms. The minimum Gasteiger partial charge on any atom is -0.497 e. The summed E-state index contributed by atoms with van der Waals surface area (Å²) in [6.07, 6.45) is -0.715. The van der Waals surface area contributed by atoms with Gasteiger partial charge >= 0.3 is 0 Å². The second-order valence-corrected chi connectivity index (χ2v) is 8.25. The molecule has 2 aliphatic heterocycles. The highest BCUT2D eigenvalue weighted by molar-refractivity contribution is 7.91. The summed E-state index contributed by atoms with van der Waals surface area (Å²) < 4.78 is 28.5. The summed E-state index contributed by atoms with van der Waals surface area (Å²) >= 11 is 0. The molecule has 0 aromatic heterocycles. The smallest absolute Gasteiger partial charge is 0.159 e. The van der Waals surface area contributed by atoms with E-state index in [0.717, 1.165) is 37.6 Å². The molecular formula is C15H23N2O4S+. The lowest BCUT2D eigenvalue weighted by Gasteiger charge is -2.37. The molecule has 0 saturated carbocycles. The molecule has 6 nitrogen and oxygen atoms in total. The first-order valence-electron chi connectivity index (χ1n) is 7.60. The molecule has 1 aromatic carbocycles. The topological polar surface area (TPSA) is 71.3 Å². The molecule has 2 aliphatic rings.